The van der Waals surface area contributed by atoms with Gasteiger partial charge >= 0.3 is 0 Å². The van der Waals surface area contributed by atoms with Crippen molar-refractivity contribution in [1.82, 2.24) is 9.80 Å². The van der Waals surface area contributed by atoms with Crippen LogP contribution in [0.5, 0.6) is 5.75 Å². The highest BCUT2D eigenvalue weighted by atomic mass is 19.1. The van der Waals surface area contributed by atoms with Crippen LogP contribution in [0, 0.1) is 22.9 Å². The minimum absolute atomic E-state index is 0.0409. The summed E-state index contributed by atoms with van der Waals surface area (Å²) in [6.45, 7) is 3.42. The summed E-state index contributed by atoms with van der Waals surface area (Å²) in [6.07, 6.45) is 5.57. The molecule has 0 radical (unpaired) electrons. The SMILES string of the molecule is O=C(c1cc(F)cc(F)c1)N1CCC2(CCCCc3ccccc3OCCN(Cc3ccccc3F)C2)CC1. The van der Waals surface area contributed by atoms with Crippen LogP contribution >= 0.6 is 0 Å². The van der Waals surface area contributed by atoms with Crippen LogP contribution in [0.1, 0.15) is 53.6 Å². The predicted molar refractivity (Wildman–Crippen MR) is 145 cm³/mol. The molecule has 1 saturated heterocycles. The molecular weight excluding hydrogens is 501 g/mol. The third-order valence-electron chi connectivity index (χ3n) is 8.17. The van der Waals surface area contributed by atoms with E-state index in [1.54, 1.807) is 11.0 Å². The van der Waals surface area contributed by atoms with Crippen molar-refractivity contribution in [2.45, 2.75) is 45.1 Å². The zero-order chi connectivity index (χ0) is 27.2. The minimum atomic E-state index is -0.751. The van der Waals surface area contributed by atoms with Crippen LogP contribution in [0.2, 0.25) is 0 Å². The van der Waals surface area contributed by atoms with E-state index in [0.717, 1.165) is 69.0 Å². The summed E-state index contributed by atoms with van der Waals surface area (Å²) in [5.74, 6) is -1.15. The average Bonchev–Trinajstić information content (AvgIpc) is 2.92. The molecule has 0 unspecified atom stereocenters. The van der Waals surface area contributed by atoms with Crippen LogP contribution in [-0.2, 0) is 13.0 Å². The lowest BCUT2D eigenvalue weighted by Gasteiger charge is -2.45. The van der Waals surface area contributed by atoms with Gasteiger partial charge in [0.2, 0.25) is 0 Å². The van der Waals surface area contributed by atoms with Crippen LogP contribution in [0.15, 0.2) is 66.7 Å². The number of ether oxygens (including phenoxy) is 1. The largest absolute Gasteiger partial charge is 0.492 e. The molecule has 0 saturated carbocycles. The van der Waals surface area contributed by atoms with E-state index in [9.17, 15) is 18.0 Å². The first-order chi connectivity index (χ1) is 18.9. The van der Waals surface area contributed by atoms with E-state index in [0.29, 0.717) is 38.3 Å². The van der Waals surface area contributed by atoms with Gasteiger partial charge in [0, 0.05) is 49.9 Å². The van der Waals surface area contributed by atoms with Gasteiger partial charge in [0.25, 0.3) is 5.91 Å². The molecule has 3 aromatic rings. The standard InChI is InChI=1S/C32H35F3N2O2/c33-27-19-26(20-28(34)21-27)31(38)37-15-13-32(14-16-37)12-6-5-8-24-7-2-4-11-30(24)39-18-17-36(23-32)22-25-9-1-3-10-29(25)35/h1-4,7,9-11,19-21H,5-6,8,12-18,22-23H2. The number of hydrogen-bond acceptors (Lipinski definition) is 3. The van der Waals surface area contributed by atoms with Gasteiger partial charge in [-0.3, -0.25) is 9.69 Å². The van der Waals surface area contributed by atoms with Gasteiger partial charge < -0.3 is 9.64 Å². The second-order valence-corrected chi connectivity index (χ2v) is 10.9. The van der Waals surface area contributed by atoms with Crippen LogP contribution < -0.4 is 4.74 Å². The van der Waals surface area contributed by atoms with Crippen molar-refractivity contribution in [3.8, 4) is 5.75 Å². The Morgan fingerprint density at radius 1 is 0.846 bits per heavy atom. The molecule has 0 aliphatic carbocycles. The number of aryl methyl sites for hydroxylation is 1. The summed E-state index contributed by atoms with van der Waals surface area (Å²) < 4.78 is 48.3. The van der Waals surface area contributed by atoms with Gasteiger partial charge in [-0.1, -0.05) is 42.8 Å². The Kier molecular flexibility index (Phi) is 8.56. The summed E-state index contributed by atoms with van der Waals surface area (Å²) in [6, 6.07) is 18.0. The van der Waals surface area contributed by atoms with E-state index in [-0.39, 0.29) is 22.7 Å². The maximum atomic E-state index is 14.6. The third kappa shape index (κ3) is 6.82. The quantitative estimate of drug-likeness (QED) is 0.377. The predicted octanol–water partition coefficient (Wildman–Crippen LogP) is 6.63. The summed E-state index contributed by atoms with van der Waals surface area (Å²) in [5.41, 5.74) is 1.85. The Balaban J connectivity index is 1.34. The highest BCUT2D eigenvalue weighted by molar-refractivity contribution is 5.94. The van der Waals surface area contributed by atoms with Crippen molar-refractivity contribution in [2.24, 2.45) is 5.41 Å². The molecule has 206 valence electrons. The van der Waals surface area contributed by atoms with E-state index in [1.165, 1.54) is 11.6 Å². The Morgan fingerprint density at radius 2 is 1.56 bits per heavy atom. The molecule has 1 spiro atoms. The van der Waals surface area contributed by atoms with Crippen molar-refractivity contribution in [3.63, 3.8) is 0 Å². The normalized spacial score (nSPS) is 18.5. The lowest BCUT2D eigenvalue weighted by Crippen LogP contribution is -2.48. The second-order valence-electron chi connectivity index (χ2n) is 10.9. The van der Waals surface area contributed by atoms with Gasteiger partial charge in [0.15, 0.2) is 0 Å². The number of hydrogen-bond donors (Lipinski definition) is 0. The smallest absolute Gasteiger partial charge is 0.254 e. The molecule has 2 aliphatic rings. The van der Waals surface area contributed by atoms with Gasteiger partial charge in [-0.25, -0.2) is 13.2 Å². The van der Waals surface area contributed by atoms with Gasteiger partial charge in [-0.05, 0) is 67.3 Å². The van der Waals surface area contributed by atoms with Gasteiger partial charge in [0.05, 0.1) is 0 Å². The van der Waals surface area contributed by atoms with Crippen molar-refractivity contribution in [1.29, 1.82) is 0 Å². The first-order valence-electron chi connectivity index (χ1n) is 13.8. The molecule has 4 nitrogen and oxygen atoms in total. The molecule has 1 amide bonds. The zero-order valence-corrected chi connectivity index (χ0v) is 22.2. The number of para-hydroxylation sites is 1. The van der Waals surface area contributed by atoms with E-state index < -0.39 is 11.6 Å². The molecule has 0 N–H and O–H groups in total. The number of rotatable bonds is 3. The number of fused-ring (bicyclic) bond motifs is 1. The zero-order valence-electron chi connectivity index (χ0n) is 22.2. The fourth-order valence-corrected chi connectivity index (χ4v) is 6.04. The number of nitrogens with zero attached hydrogens (tertiary/aromatic N) is 2. The average molecular weight is 537 g/mol. The number of carbonyl (C=O) groups excluding carboxylic acids is 1. The van der Waals surface area contributed by atoms with E-state index >= 15 is 0 Å². The van der Waals surface area contributed by atoms with Gasteiger partial charge in [-0.2, -0.15) is 0 Å². The fourth-order valence-electron chi connectivity index (χ4n) is 6.04. The minimum Gasteiger partial charge on any atom is -0.492 e. The van der Waals surface area contributed by atoms with Crippen molar-refractivity contribution < 1.29 is 22.7 Å². The molecule has 7 heteroatoms. The molecule has 2 heterocycles. The number of halogens is 3. The van der Waals surface area contributed by atoms with Crippen molar-refractivity contribution in [2.75, 3.05) is 32.8 Å². The Labute approximate surface area is 228 Å². The van der Waals surface area contributed by atoms with Gasteiger partial charge in [0.1, 0.15) is 29.8 Å². The summed E-state index contributed by atoms with van der Waals surface area (Å²) >= 11 is 0. The Bertz CT molecular complexity index is 1270. The van der Waals surface area contributed by atoms with Crippen LogP contribution in [-0.4, -0.2) is 48.5 Å². The first kappa shape index (κ1) is 27.3. The number of carbonyl (C=O) groups is 1. The summed E-state index contributed by atoms with van der Waals surface area (Å²) in [7, 11) is 0. The molecule has 0 aromatic heterocycles. The number of benzene rings is 3. The molecule has 2 aliphatic heterocycles. The van der Waals surface area contributed by atoms with E-state index in [1.807, 2.05) is 30.3 Å². The van der Waals surface area contributed by atoms with Gasteiger partial charge in [-0.15, -0.1) is 0 Å². The Morgan fingerprint density at radius 3 is 2.33 bits per heavy atom. The lowest BCUT2D eigenvalue weighted by atomic mass is 9.73. The van der Waals surface area contributed by atoms with Crippen LogP contribution in [0.25, 0.3) is 0 Å². The maximum absolute atomic E-state index is 14.6. The van der Waals surface area contributed by atoms with Crippen LogP contribution in [0.4, 0.5) is 13.2 Å². The lowest BCUT2D eigenvalue weighted by molar-refractivity contribution is 0.0358. The second kappa shape index (κ2) is 12.2. The molecule has 39 heavy (non-hydrogen) atoms. The molecule has 1 fully saturated rings. The molecule has 5 rings (SSSR count). The highest BCUT2D eigenvalue weighted by Gasteiger charge is 2.37. The van der Waals surface area contributed by atoms with E-state index in [2.05, 4.69) is 11.0 Å². The molecule has 0 bridgehead atoms. The number of amides is 1. The Hall–Kier alpha value is -3.32. The highest BCUT2D eigenvalue weighted by Crippen LogP contribution is 2.39. The third-order valence-corrected chi connectivity index (χ3v) is 8.17. The van der Waals surface area contributed by atoms with Crippen molar-refractivity contribution in [3.05, 3.63) is 101 Å². The molecule has 0 atom stereocenters. The monoisotopic (exact) mass is 536 g/mol. The topological polar surface area (TPSA) is 32.8 Å². The van der Waals surface area contributed by atoms with Crippen LogP contribution in [0.3, 0.4) is 0 Å². The molecule has 3 aromatic carbocycles. The molecular formula is C32H35F3N2O2. The van der Waals surface area contributed by atoms with Crippen molar-refractivity contribution >= 4 is 5.91 Å². The summed E-state index contributed by atoms with van der Waals surface area (Å²) in [5, 5.41) is 0. The number of piperidine rings is 1. The van der Waals surface area contributed by atoms with E-state index in [4.69, 9.17) is 4.74 Å². The first-order valence-corrected chi connectivity index (χ1v) is 13.8. The summed E-state index contributed by atoms with van der Waals surface area (Å²) in [4.78, 5) is 17.1. The number of likely N-dealkylation sites (tertiary alicyclic amines) is 1. The fraction of sp³-hybridized carbons (Fsp3) is 0.406. The maximum Gasteiger partial charge on any atom is 0.254 e.